The molecule has 4 heteroatoms. The lowest BCUT2D eigenvalue weighted by Crippen LogP contribution is -2.05. The van der Waals surface area contributed by atoms with Crippen LogP contribution in [0.1, 0.15) is 21.5 Å². The Labute approximate surface area is 123 Å². The van der Waals surface area contributed by atoms with Gasteiger partial charge >= 0.3 is 5.97 Å². The van der Waals surface area contributed by atoms with Crippen LogP contribution in [0.25, 0.3) is 0 Å². The first-order valence-corrected chi connectivity index (χ1v) is 6.65. The fourth-order valence-electron chi connectivity index (χ4n) is 1.86. The number of rotatable bonds is 4. The second kappa shape index (κ2) is 6.44. The molecule has 2 aromatic rings. The first-order valence-electron chi connectivity index (χ1n) is 6.27. The van der Waals surface area contributed by atoms with E-state index in [1.807, 2.05) is 37.3 Å². The van der Waals surface area contributed by atoms with E-state index in [2.05, 4.69) is 5.32 Å². The van der Waals surface area contributed by atoms with Crippen LogP contribution in [0.2, 0.25) is 5.02 Å². The Morgan fingerprint density at radius 1 is 1.20 bits per heavy atom. The summed E-state index contributed by atoms with van der Waals surface area (Å²) in [6.07, 6.45) is 0. The summed E-state index contributed by atoms with van der Waals surface area (Å²) in [7, 11) is 1.38. The van der Waals surface area contributed by atoms with E-state index in [4.69, 9.17) is 16.3 Å². The predicted molar refractivity (Wildman–Crippen MR) is 81.3 cm³/mol. The van der Waals surface area contributed by atoms with Crippen molar-refractivity contribution in [3.05, 3.63) is 64.2 Å². The van der Waals surface area contributed by atoms with Crippen LogP contribution in [0.5, 0.6) is 0 Å². The fraction of sp³-hybridized carbons (Fsp3) is 0.188. The number of ether oxygens (including phenoxy) is 1. The first kappa shape index (κ1) is 14.4. The Hall–Kier alpha value is -2.00. The summed E-state index contributed by atoms with van der Waals surface area (Å²) < 4.78 is 4.73. The molecule has 0 unspecified atom stereocenters. The van der Waals surface area contributed by atoms with Gasteiger partial charge in [0.15, 0.2) is 0 Å². The molecule has 1 N–H and O–H groups in total. The van der Waals surface area contributed by atoms with Gasteiger partial charge in [-0.2, -0.15) is 0 Å². The zero-order valence-electron chi connectivity index (χ0n) is 11.4. The van der Waals surface area contributed by atoms with Gasteiger partial charge in [-0.15, -0.1) is 0 Å². The topological polar surface area (TPSA) is 38.3 Å². The number of nitrogens with one attached hydrogen (secondary N) is 1. The van der Waals surface area contributed by atoms with Crippen LogP contribution < -0.4 is 5.32 Å². The highest BCUT2D eigenvalue weighted by Gasteiger charge is 2.07. The van der Waals surface area contributed by atoms with Crippen LogP contribution in [-0.4, -0.2) is 13.1 Å². The standard InChI is InChI=1S/C16H16ClNO2/c1-11-3-6-13(16(19)20-2)9-15(11)18-10-12-4-7-14(17)8-5-12/h3-9,18H,10H2,1-2H3. The summed E-state index contributed by atoms with van der Waals surface area (Å²) in [5, 5.41) is 4.04. The molecule has 0 radical (unpaired) electrons. The number of halogens is 1. The molecule has 0 amide bonds. The van der Waals surface area contributed by atoms with E-state index in [9.17, 15) is 4.79 Å². The Balaban J connectivity index is 2.12. The van der Waals surface area contributed by atoms with E-state index >= 15 is 0 Å². The van der Waals surface area contributed by atoms with Crippen molar-refractivity contribution in [2.24, 2.45) is 0 Å². The van der Waals surface area contributed by atoms with Gasteiger partial charge in [-0.05, 0) is 42.3 Å². The molecule has 2 aromatic carbocycles. The van der Waals surface area contributed by atoms with Crippen LogP contribution in [0, 0.1) is 6.92 Å². The molecule has 2 rings (SSSR count). The summed E-state index contributed by atoms with van der Waals surface area (Å²) in [6, 6.07) is 13.1. The number of carbonyl (C=O) groups is 1. The molecule has 0 atom stereocenters. The normalized spacial score (nSPS) is 10.2. The van der Waals surface area contributed by atoms with E-state index in [1.165, 1.54) is 7.11 Å². The molecular formula is C16H16ClNO2. The van der Waals surface area contributed by atoms with Crippen molar-refractivity contribution in [3.63, 3.8) is 0 Å². The first-order chi connectivity index (χ1) is 9.60. The summed E-state index contributed by atoms with van der Waals surface area (Å²) in [4.78, 5) is 11.5. The van der Waals surface area contributed by atoms with Gasteiger partial charge in [-0.3, -0.25) is 0 Å². The number of esters is 1. The summed E-state index contributed by atoms with van der Waals surface area (Å²) >= 11 is 5.85. The number of benzene rings is 2. The number of anilines is 1. The molecule has 0 spiro atoms. The molecule has 0 aliphatic carbocycles. The smallest absolute Gasteiger partial charge is 0.337 e. The van der Waals surface area contributed by atoms with E-state index in [0.717, 1.165) is 21.8 Å². The van der Waals surface area contributed by atoms with Crippen molar-refractivity contribution < 1.29 is 9.53 Å². The number of carbonyl (C=O) groups excluding carboxylic acids is 1. The fourth-order valence-corrected chi connectivity index (χ4v) is 1.98. The average molecular weight is 290 g/mol. The summed E-state index contributed by atoms with van der Waals surface area (Å²) in [5.74, 6) is -0.334. The second-order valence-electron chi connectivity index (χ2n) is 4.50. The van der Waals surface area contributed by atoms with Gasteiger partial charge in [0.1, 0.15) is 0 Å². The minimum absolute atomic E-state index is 0.334. The Bertz CT molecular complexity index is 608. The largest absolute Gasteiger partial charge is 0.465 e. The van der Waals surface area contributed by atoms with Crippen molar-refractivity contribution in [2.75, 3.05) is 12.4 Å². The molecular weight excluding hydrogens is 274 g/mol. The van der Waals surface area contributed by atoms with Gasteiger partial charge in [0.05, 0.1) is 12.7 Å². The maximum absolute atomic E-state index is 11.5. The highest BCUT2D eigenvalue weighted by molar-refractivity contribution is 6.30. The lowest BCUT2D eigenvalue weighted by atomic mass is 10.1. The molecule has 0 saturated heterocycles. The highest BCUT2D eigenvalue weighted by Crippen LogP contribution is 2.19. The van der Waals surface area contributed by atoms with Gasteiger partial charge in [-0.25, -0.2) is 4.79 Å². The van der Waals surface area contributed by atoms with Crippen molar-refractivity contribution in [1.29, 1.82) is 0 Å². The zero-order chi connectivity index (χ0) is 14.5. The van der Waals surface area contributed by atoms with Crippen LogP contribution >= 0.6 is 11.6 Å². The molecule has 0 aliphatic heterocycles. The van der Waals surface area contributed by atoms with E-state index in [-0.39, 0.29) is 5.97 Å². The molecule has 0 saturated carbocycles. The van der Waals surface area contributed by atoms with Gasteiger partial charge in [0, 0.05) is 17.3 Å². The number of hydrogen-bond donors (Lipinski definition) is 1. The quantitative estimate of drug-likeness (QED) is 0.863. The minimum Gasteiger partial charge on any atom is -0.465 e. The molecule has 0 aromatic heterocycles. The second-order valence-corrected chi connectivity index (χ2v) is 4.94. The minimum atomic E-state index is -0.334. The Kier molecular flexibility index (Phi) is 4.64. The van der Waals surface area contributed by atoms with Gasteiger partial charge < -0.3 is 10.1 Å². The Morgan fingerprint density at radius 3 is 2.55 bits per heavy atom. The van der Waals surface area contributed by atoms with Crippen molar-refractivity contribution in [3.8, 4) is 0 Å². The van der Waals surface area contributed by atoms with Crippen LogP contribution in [0.4, 0.5) is 5.69 Å². The third-order valence-corrected chi connectivity index (χ3v) is 3.31. The van der Waals surface area contributed by atoms with Gasteiger partial charge in [0.25, 0.3) is 0 Å². The van der Waals surface area contributed by atoms with Gasteiger partial charge in [0.2, 0.25) is 0 Å². The maximum atomic E-state index is 11.5. The Morgan fingerprint density at radius 2 is 1.90 bits per heavy atom. The maximum Gasteiger partial charge on any atom is 0.337 e. The highest BCUT2D eigenvalue weighted by atomic mass is 35.5. The van der Waals surface area contributed by atoms with E-state index in [0.29, 0.717) is 12.1 Å². The molecule has 3 nitrogen and oxygen atoms in total. The monoisotopic (exact) mass is 289 g/mol. The van der Waals surface area contributed by atoms with Crippen LogP contribution in [0.3, 0.4) is 0 Å². The third-order valence-electron chi connectivity index (χ3n) is 3.05. The molecule has 0 heterocycles. The van der Waals surface area contributed by atoms with E-state index < -0.39 is 0 Å². The molecule has 0 bridgehead atoms. The van der Waals surface area contributed by atoms with Gasteiger partial charge in [-0.1, -0.05) is 29.8 Å². The molecule has 0 aliphatic rings. The number of hydrogen-bond acceptors (Lipinski definition) is 3. The van der Waals surface area contributed by atoms with Crippen molar-refractivity contribution in [2.45, 2.75) is 13.5 Å². The molecule has 104 valence electrons. The summed E-state index contributed by atoms with van der Waals surface area (Å²) in [5.41, 5.74) is 3.66. The lowest BCUT2D eigenvalue weighted by molar-refractivity contribution is 0.0601. The SMILES string of the molecule is COC(=O)c1ccc(C)c(NCc2ccc(Cl)cc2)c1. The summed E-state index contributed by atoms with van der Waals surface area (Å²) in [6.45, 7) is 2.66. The van der Waals surface area contributed by atoms with Crippen LogP contribution in [0.15, 0.2) is 42.5 Å². The van der Waals surface area contributed by atoms with Crippen molar-refractivity contribution >= 4 is 23.3 Å². The third kappa shape index (κ3) is 3.52. The van der Waals surface area contributed by atoms with Crippen molar-refractivity contribution in [1.82, 2.24) is 0 Å². The number of methoxy groups -OCH3 is 1. The van der Waals surface area contributed by atoms with E-state index in [1.54, 1.807) is 12.1 Å². The number of aryl methyl sites for hydroxylation is 1. The van der Waals surface area contributed by atoms with Crippen LogP contribution in [-0.2, 0) is 11.3 Å². The molecule has 0 fully saturated rings. The predicted octanol–water partition coefficient (Wildman–Crippen LogP) is 4.05. The lowest BCUT2D eigenvalue weighted by Gasteiger charge is -2.11. The zero-order valence-corrected chi connectivity index (χ0v) is 12.2. The average Bonchev–Trinajstić information content (AvgIpc) is 2.47. The molecule has 20 heavy (non-hydrogen) atoms.